The van der Waals surface area contributed by atoms with Gasteiger partial charge in [0.1, 0.15) is 5.82 Å². The third-order valence-corrected chi connectivity index (χ3v) is 5.72. The number of carbonyl (C=O) groups is 1. The Hall–Kier alpha value is -4.19. The van der Waals surface area contributed by atoms with E-state index in [0.29, 0.717) is 12.1 Å². The second kappa shape index (κ2) is 10.6. The molecule has 186 valence electrons. The summed E-state index contributed by atoms with van der Waals surface area (Å²) in [5.74, 6) is -0.101. The number of aromatic nitrogens is 3. The highest BCUT2D eigenvalue weighted by molar-refractivity contribution is 8.00. The monoisotopic (exact) mass is 515 g/mol. The highest BCUT2D eigenvalue weighted by Crippen LogP contribution is 2.37. The molecule has 2 heterocycles. The molecule has 0 aliphatic heterocycles. The average molecular weight is 516 g/mol. The summed E-state index contributed by atoms with van der Waals surface area (Å²) in [5, 5.41) is 15.7. The molecule has 0 aliphatic carbocycles. The summed E-state index contributed by atoms with van der Waals surface area (Å²) in [6.45, 7) is 0.397. The van der Waals surface area contributed by atoms with Gasteiger partial charge in [-0.15, -0.1) is 0 Å². The van der Waals surface area contributed by atoms with Crippen LogP contribution in [0.1, 0.15) is 11.1 Å². The predicted octanol–water partition coefficient (Wildman–Crippen LogP) is 4.72. The molecule has 0 radical (unpaired) electrons. The maximum absolute atomic E-state index is 12.9. The number of pyridine rings is 1. The number of carbonyl (C=O) groups excluding carboxylic acids is 1. The average Bonchev–Trinajstić information content (AvgIpc) is 3.11. The van der Waals surface area contributed by atoms with Crippen molar-refractivity contribution >= 4 is 23.6 Å². The zero-order valence-corrected chi connectivity index (χ0v) is 19.4. The van der Waals surface area contributed by atoms with Crippen molar-refractivity contribution in [3.8, 4) is 11.6 Å². The van der Waals surface area contributed by atoms with Gasteiger partial charge in [0.25, 0.3) is 0 Å². The van der Waals surface area contributed by atoms with Gasteiger partial charge in [0.15, 0.2) is 0 Å². The van der Waals surface area contributed by atoms with Crippen molar-refractivity contribution in [1.29, 1.82) is 0 Å². The maximum Gasteiger partial charge on any atom is 0.446 e. The Morgan fingerprint density at radius 3 is 2.44 bits per heavy atom. The minimum absolute atomic E-state index is 0.0390. The number of halogens is 3. The molecule has 0 saturated carbocycles. The minimum Gasteiger partial charge on any atom is -0.493 e. The maximum atomic E-state index is 12.9. The van der Waals surface area contributed by atoms with Crippen LogP contribution >= 0.6 is 11.8 Å². The Balaban J connectivity index is 1.44. The number of rotatable bonds is 7. The van der Waals surface area contributed by atoms with Crippen LogP contribution in [0, 0.1) is 0 Å². The Kier molecular flexibility index (Phi) is 7.34. The SMILES string of the molecule is O=C(NCc1ccccc1)Nc1cc(Cn2cc(O)n(-c3ccc(SC(F)(F)F)cc3)c2=O)ccn1. The van der Waals surface area contributed by atoms with E-state index in [0.717, 1.165) is 10.1 Å². The summed E-state index contributed by atoms with van der Waals surface area (Å²) in [6.07, 6.45) is 2.70. The first kappa shape index (κ1) is 24.9. The van der Waals surface area contributed by atoms with Crippen molar-refractivity contribution < 1.29 is 23.1 Å². The van der Waals surface area contributed by atoms with Gasteiger partial charge in [-0.3, -0.25) is 9.88 Å². The molecule has 12 heteroatoms. The van der Waals surface area contributed by atoms with Crippen molar-refractivity contribution in [3.05, 3.63) is 101 Å². The molecule has 0 bridgehead atoms. The molecule has 4 aromatic rings. The smallest absolute Gasteiger partial charge is 0.446 e. The van der Waals surface area contributed by atoms with Gasteiger partial charge in [-0.2, -0.15) is 13.2 Å². The lowest BCUT2D eigenvalue weighted by atomic mass is 10.2. The normalized spacial score (nSPS) is 11.3. The van der Waals surface area contributed by atoms with Crippen LogP contribution in [-0.2, 0) is 13.1 Å². The molecule has 0 fully saturated rings. The number of imidazole rings is 1. The van der Waals surface area contributed by atoms with Gasteiger partial charge in [-0.05, 0) is 59.3 Å². The summed E-state index contributed by atoms with van der Waals surface area (Å²) in [7, 11) is 0. The Morgan fingerprint density at radius 2 is 1.75 bits per heavy atom. The summed E-state index contributed by atoms with van der Waals surface area (Å²) < 4.78 is 39.9. The van der Waals surface area contributed by atoms with Gasteiger partial charge in [-0.25, -0.2) is 19.1 Å². The highest BCUT2D eigenvalue weighted by atomic mass is 32.2. The fourth-order valence-corrected chi connectivity index (χ4v) is 3.95. The molecule has 2 amide bonds. The Labute approximate surface area is 207 Å². The van der Waals surface area contributed by atoms with E-state index in [1.165, 1.54) is 41.2 Å². The summed E-state index contributed by atoms with van der Waals surface area (Å²) in [4.78, 5) is 29.1. The van der Waals surface area contributed by atoms with Crippen molar-refractivity contribution in [1.82, 2.24) is 19.4 Å². The third-order valence-electron chi connectivity index (χ3n) is 4.98. The Morgan fingerprint density at radius 1 is 1.03 bits per heavy atom. The number of aromatic hydroxyl groups is 1. The van der Waals surface area contributed by atoms with Crippen LogP contribution in [0.25, 0.3) is 5.69 Å². The molecule has 8 nitrogen and oxygen atoms in total. The van der Waals surface area contributed by atoms with E-state index in [4.69, 9.17) is 0 Å². The van der Waals surface area contributed by atoms with E-state index in [2.05, 4.69) is 15.6 Å². The molecule has 36 heavy (non-hydrogen) atoms. The molecule has 4 rings (SSSR count). The lowest BCUT2D eigenvalue weighted by Crippen LogP contribution is -2.28. The fourth-order valence-electron chi connectivity index (χ4n) is 3.41. The largest absolute Gasteiger partial charge is 0.493 e. The summed E-state index contributed by atoms with van der Waals surface area (Å²) in [6, 6.07) is 17.3. The zero-order chi connectivity index (χ0) is 25.7. The topological polar surface area (TPSA) is 101 Å². The summed E-state index contributed by atoms with van der Waals surface area (Å²) >= 11 is -0.268. The number of amides is 2. The van der Waals surface area contributed by atoms with Crippen molar-refractivity contribution in [3.63, 3.8) is 0 Å². The van der Waals surface area contributed by atoms with Crippen LogP contribution < -0.4 is 16.3 Å². The standard InChI is InChI=1S/C24H20F3N5O3S/c25-24(26,27)36-19-8-6-18(7-9-19)32-21(33)15-31(23(32)35)14-17-10-11-28-20(12-17)30-22(34)29-13-16-4-2-1-3-5-16/h1-12,15,33H,13-14H2,(H2,28,29,30,34). The molecule has 3 N–H and O–H groups in total. The lowest BCUT2D eigenvalue weighted by Gasteiger charge is -2.09. The molecule has 0 aliphatic rings. The van der Waals surface area contributed by atoms with Crippen LogP contribution in [0.5, 0.6) is 5.88 Å². The van der Waals surface area contributed by atoms with Crippen LogP contribution in [0.15, 0.2) is 88.8 Å². The first-order chi connectivity index (χ1) is 17.2. The zero-order valence-electron chi connectivity index (χ0n) is 18.6. The van der Waals surface area contributed by atoms with Gasteiger partial charge in [-0.1, -0.05) is 30.3 Å². The van der Waals surface area contributed by atoms with E-state index in [1.54, 1.807) is 12.1 Å². The van der Waals surface area contributed by atoms with Gasteiger partial charge < -0.3 is 10.4 Å². The summed E-state index contributed by atoms with van der Waals surface area (Å²) in [5.41, 5.74) is -3.23. The first-order valence-corrected chi connectivity index (χ1v) is 11.4. The number of alkyl halides is 3. The molecule has 0 saturated heterocycles. The Bertz CT molecular complexity index is 1400. The fraction of sp³-hybridized carbons (Fsp3) is 0.125. The molecule has 0 atom stereocenters. The first-order valence-electron chi connectivity index (χ1n) is 10.6. The molecule has 2 aromatic heterocycles. The number of benzene rings is 2. The van der Waals surface area contributed by atoms with E-state index in [1.807, 2.05) is 30.3 Å². The van der Waals surface area contributed by atoms with Crippen LogP contribution in [-0.4, -0.2) is 30.8 Å². The second-order valence-corrected chi connectivity index (χ2v) is 8.76. The van der Waals surface area contributed by atoms with E-state index >= 15 is 0 Å². The number of hydrogen-bond acceptors (Lipinski definition) is 5. The highest BCUT2D eigenvalue weighted by Gasteiger charge is 2.29. The molecule has 0 unspecified atom stereocenters. The van der Waals surface area contributed by atoms with Crippen LogP contribution in [0.2, 0.25) is 0 Å². The van der Waals surface area contributed by atoms with E-state index in [-0.39, 0.29) is 40.6 Å². The lowest BCUT2D eigenvalue weighted by molar-refractivity contribution is -0.0328. The predicted molar refractivity (Wildman–Crippen MR) is 129 cm³/mol. The van der Waals surface area contributed by atoms with Crippen LogP contribution in [0.3, 0.4) is 0 Å². The number of urea groups is 1. The number of nitrogens with zero attached hydrogens (tertiary/aromatic N) is 3. The number of thioether (sulfide) groups is 1. The number of hydrogen-bond donors (Lipinski definition) is 3. The van der Waals surface area contributed by atoms with Crippen molar-refractivity contribution in [2.75, 3.05) is 5.32 Å². The van der Waals surface area contributed by atoms with Crippen molar-refractivity contribution in [2.24, 2.45) is 0 Å². The second-order valence-electron chi connectivity index (χ2n) is 7.62. The molecule has 0 spiro atoms. The molecule has 2 aromatic carbocycles. The minimum atomic E-state index is -4.43. The van der Waals surface area contributed by atoms with Gasteiger partial charge >= 0.3 is 17.2 Å². The van der Waals surface area contributed by atoms with E-state index < -0.39 is 17.2 Å². The quantitative estimate of drug-likeness (QED) is 0.309. The number of anilines is 1. The molecular formula is C24H20F3N5O3S. The van der Waals surface area contributed by atoms with Crippen LogP contribution in [0.4, 0.5) is 23.8 Å². The van der Waals surface area contributed by atoms with Crippen molar-refractivity contribution in [2.45, 2.75) is 23.5 Å². The van der Waals surface area contributed by atoms with E-state index in [9.17, 15) is 27.9 Å². The van der Waals surface area contributed by atoms with Gasteiger partial charge in [0.2, 0.25) is 5.88 Å². The number of nitrogens with one attached hydrogen (secondary N) is 2. The molecular weight excluding hydrogens is 495 g/mol. The van der Waals surface area contributed by atoms with Gasteiger partial charge in [0.05, 0.1) is 18.4 Å². The third kappa shape index (κ3) is 6.48. The van der Waals surface area contributed by atoms with Gasteiger partial charge in [0, 0.05) is 17.6 Å².